The SMILES string of the molecule is COP(=O)(OC)c1c(-c2ccccc2)cc(-c2ccccc2)n1CCCc1ccccc1. The van der Waals surface area contributed by atoms with Gasteiger partial charge >= 0.3 is 7.60 Å². The molecule has 0 atom stereocenters. The van der Waals surface area contributed by atoms with E-state index in [1.165, 1.54) is 19.8 Å². The third-order valence-corrected chi connectivity index (χ3v) is 7.62. The molecule has 0 N–H and O–H groups in total. The zero-order chi connectivity index (χ0) is 22.4. The van der Waals surface area contributed by atoms with Gasteiger partial charge in [0.1, 0.15) is 5.44 Å². The number of aryl methyl sites for hydroxylation is 1. The smallest absolute Gasteiger partial charge is 0.334 e. The van der Waals surface area contributed by atoms with Gasteiger partial charge in [0, 0.05) is 32.0 Å². The van der Waals surface area contributed by atoms with Gasteiger partial charge in [0.2, 0.25) is 0 Å². The Bertz CT molecular complexity index is 1180. The summed E-state index contributed by atoms with van der Waals surface area (Å²) in [7, 11) is -0.629. The van der Waals surface area contributed by atoms with Crippen molar-refractivity contribution < 1.29 is 13.6 Å². The van der Waals surface area contributed by atoms with Gasteiger partial charge in [0.25, 0.3) is 0 Å². The fourth-order valence-electron chi connectivity index (χ4n) is 4.07. The van der Waals surface area contributed by atoms with Crippen LogP contribution in [0.3, 0.4) is 0 Å². The molecule has 0 spiro atoms. The van der Waals surface area contributed by atoms with Crippen LogP contribution in [0.5, 0.6) is 0 Å². The number of rotatable bonds is 9. The third kappa shape index (κ3) is 4.63. The maximum Gasteiger partial charge on any atom is 0.377 e. The molecular formula is C27H28NO3P. The van der Waals surface area contributed by atoms with Crippen LogP contribution in [0.2, 0.25) is 0 Å². The van der Waals surface area contributed by atoms with E-state index >= 15 is 0 Å². The van der Waals surface area contributed by atoms with E-state index < -0.39 is 7.60 Å². The summed E-state index contributed by atoms with van der Waals surface area (Å²) in [5.74, 6) is 0. The highest BCUT2D eigenvalue weighted by Gasteiger charge is 2.34. The zero-order valence-electron chi connectivity index (χ0n) is 18.5. The van der Waals surface area contributed by atoms with Crippen LogP contribution < -0.4 is 5.44 Å². The summed E-state index contributed by atoms with van der Waals surface area (Å²) in [5.41, 5.74) is 5.80. The van der Waals surface area contributed by atoms with Crippen molar-refractivity contribution in [2.75, 3.05) is 14.2 Å². The average Bonchev–Trinajstić information content (AvgIpc) is 3.25. The lowest BCUT2D eigenvalue weighted by Gasteiger charge is -2.20. The van der Waals surface area contributed by atoms with E-state index in [2.05, 4.69) is 47.0 Å². The molecule has 0 saturated carbocycles. The van der Waals surface area contributed by atoms with Crippen LogP contribution in [0.25, 0.3) is 22.4 Å². The molecule has 3 aromatic carbocycles. The summed E-state index contributed by atoms with van der Waals surface area (Å²) >= 11 is 0. The Labute approximate surface area is 190 Å². The van der Waals surface area contributed by atoms with Crippen molar-refractivity contribution in [1.29, 1.82) is 0 Å². The lowest BCUT2D eigenvalue weighted by atomic mass is 10.1. The average molecular weight is 445 g/mol. The molecular weight excluding hydrogens is 417 g/mol. The first-order valence-corrected chi connectivity index (χ1v) is 12.3. The second kappa shape index (κ2) is 10.1. The number of aromatic nitrogens is 1. The molecule has 4 rings (SSSR count). The molecule has 0 aliphatic heterocycles. The van der Waals surface area contributed by atoms with Gasteiger partial charge in [0.05, 0.1) is 0 Å². The first-order valence-electron chi connectivity index (χ1n) is 10.8. The molecule has 0 radical (unpaired) electrons. The highest BCUT2D eigenvalue weighted by atomic mass is 31.2. The Morgan fingerprint density at radius 3 is 1.84 bits per heavy atom. The lowest BCUT2D eigenvalue weighted by Crippen LogP contribution is -2.22. The first kappa shape index (κ1) is 22.3. The molecule has 164 valence electrons. The molecule has 0 amide bonds. The Hall–Kier alpha value is -2.91. The second-order valence-electron chi connectivity index (χ2n) is 7.60. The Morgan fingerprint density at radius 1 is 0.750 bits per heavy atom. The largest absolute Gasteiger partial charge is 0.377 e. The summed E-state index contributed by atoms with van der Waals surface area (Å²) in [6.07, 6.45) is 1.82. The molecule has 0 saturated heterocycles. The summed E-state index contributed by atoms with van der Waals surface area (Å²) < 4.78 is 26.9. The Kier molecular flexibility index (Phi) is 7.06. The van der Waals surface area contributed by atoms with Gasteiger partial charge < -0.3 is 13.6 Å². The maximum atomic E-state index is 13.8. The van der Waals surface area contributed by atoms with E-state index in [4.69, 9.17) is 9.05 Å². The summed E-state index contributed by atoms with van der Waals surface area (Å²) in [4.78, 5) is 0. The first-order chi connectivity index (χ1) is 15.7. The molecule has 0 unspecified atom stereocenters. The summed E-state index contributed by atoms with van der Waals surface area (Å²) in [5, 5.41) is 0. The fourth-order valence-corrected chi connectivity index (χ4v) is 5.56. The van der Waals surface area contributed by atoms with Crippen molar-refractivity contribution in [3.05, 3.63) is 103 Å². The van der Waals surface area contributed by atoms with Gasteiger partial charge in [-0.25, -0.2) is 0 Å². The van der Waals surface area contributed by atoms with E-state index in [1.807, 2.05) is 54.6 Å². The van der Waals surface area contributed by atoms with Gasteiger partial charge in [-0.05, 0) is 35.6 Å². The van der Waals surface area contributed by atoms with Crippen molar-refractivity contribution >= 4 is 13.0 Å². The van der Waals surface area contributed by atoms with Crippen LogP contribution >= 0.6 is 7.60 Å². The molecule has 4 aromatic rings. The number of nitrogens with zero attached hydrogens (tertiary/aromatic N) is 1. The predicted octanol–water partition coefficient (Wildman–Crippen LogP) is 6.57. The van der Waals surface area contributed by atoms with Crippen molar-refractivity contribution in [3.63, 3.8) is 0 Å². The minimum atomic E-state index is -3.52. The van der Waals surface area contributed by atoms with Crippen LogP contribution in [-0.4, -0.2) is 18.8 Å². The van der Waals surface area contributed by atoms with Crippen LogP contribution in [-0.2, 0) is 26.6 Å². The molecule has 1 aromatic heterocycles. The highest BCUT2D eigenvalue weighted by molar-refractivity contribution is 7.62. The predicted molar refractivity (Wildman–Crippen MR) is 131 cm³/mol. The van der Waals surface area contributed by atoms with Crippen molar-refractivity contribution in [3.8, 4) is 22.4 Å². The second-order valence-corrected chi connectivity index (χ2v) is 9.75. The van der Waals surface area contributed by atoms with Crippen molar-refractivity contribution in [2.45, 2.75) is 19.4 Å². The number of benzene rings is 3. The molecule has 0 aliphatic rings. The molecule has 1 heterocycles. The molecule has 0 bridgehead atoms. The molecule has 0 aliphatic carbocycles. The van der Waals surface area contributed by atoms with Crippen LogP contribution in [0.1, 0.15) is 12.0 Å². The van der Waals surface area contributed by atoms with Crippen molar-refractivity contribution in [1.82, 2.24) is 4.57 Å². The normalized spacial score (nSPS) is 11.6. The maximum absolute atomic E-state index is 13.8. The zero-order valence-corrected chi connectivity index (χ0v) is 19.4. The molecule has 0 fully saturated rings. The highest BCUT2D eigenvalue weighted by Crippen LogP contribution is 2.49. The van der Waals surface area contributed by atoms with E-state index in [-0.39, 0.29) is 0 Å². The topological polar surface area (TPSA) is 40.5 Å². The van der Waals surface area contributed by atoms with Gasteiger partial charge in [-0.15, -0.1) is 0 Å². The minimum absolute atomic E-state index is 0.598. The molecule has 4 nitrogen and oxygen atoms in total. The van der Waals surface area contributed by atoms with Gasteiger partial charge in [0.15, 0.2) is 0 Å². The molecule has 32 heavy (non-hydrogen) atoms. The third-order valence-electron chi connectivity index (χ3n) is 5.65. The van der Waals surface area contributed by atoms with E-state index in [0.29, 0.717) is 12.0 Å². The number of hydrogen-bond donors (Lipinski definition) is 0. The van der Waals surface area contributed by atoms with Crippen LogP contribution in [0.4, 0.5) is 0 Å². The van der Waals surface area contributed by atoms with Crippen LogP contribution in [0, 0.1) is 0 Å². The summed E-state index contributed by atoms with van der Waals surface area (Å²) in [6.45, 7) is 0.692. The van der Waals surface area contributed by atoms with E-state index in [9.17, 15) is 4.57 Å². The lowest BCUT2D eigenvalue weighted by molar-refractivity contribution is 0.285. The Balaban J connectivity index is 1.85. The van der Waals surface area contributed by atoms with Gasteiger partial charge in [-0.3, -0.25) is 4.57 Å². The monoisotopic (exact) mass is 445 g/mol. The van der Waals surface area contributed by atoms with E-state index in [0.717, 1.165) is 35.2 Å². The Morgan fingerprint density at radius 2 is 1.28 bits per heavy atom. The van der Waals surface area contributed by atoms with Crippen molar-refractivity contribution in [2.24, 2.45) is 0 Å². The van der Waals surface area contributed by atoms with Gasteiger partial charge in [-0.1, -0.05) is 91.0 Å². The summed E-state index contributed by atoms with van der Waals surface area (Å²) in [6, 6.07) is 32.7. The van der Waals surface area contributed by atoms with Gasteiger partial charge in [-0.2, -0.15) is 0 Å². The van der Waals surface area contributed by atoms with E-state index in [1.54, 1.807) is 0 Å². The minimum Gasteiger partial charge on any atom is -0.334 e. The standard InChI is InChI=1S/C27H28NO3P/c1-30-32(29,31-2)27-25(23-16-8-4-9-17-23)21-26(24-18-10-5-11-19-24)28(27)20-12-15-22-13-6-3-7-14-22/h3-11,13-14,16-19,21H,12,15,20H2,1-2H3. The quantitative estimate of drug-likeness (QED) is 0.274. The van der Waals surface area contributed by atoms with Crippen LogP contribution in [0.15, 0.2) is 97.1 Å². The number of hydrogen-bond acceptors (Lipinski definition) is 3. The fraction of sp³-hybridized carbons (Fsp3) is 0.185. The molecule has 5 heteroatoms.